The molecule has 0 aliphatic heterocycles. The van der Waals surface area contributed by atoms with Crippen molar-refractivity contribution in [3.05, 3.63) is 72.3 Å². The van der Waals surface area contributed by atoms with E-state index >= 15 is 0 Å². The summed E-state index contributed by atoms with van der Waals surface area (Å²) < 4.78 is 0. The van der Waals surface area contributed by atoms with E-state index in [2.05, 4.69) is 10.3 Å². The smallest absolute Gasteiger partial charge is 0.256 e. The summed E-state index contributed by atoms with van der Waals surface area (Å²) in [5.74, 6) is 0.416. The molecule has 3 nitrogen and oxygen atoms in total. The molecule has 1 aliphatic rings. The van der Waals surface area contributed by atoms with Gasteiger partial charge in [-0.2, -0.15) is 0 Å². The van der Waals surface area contributed by atoms with Crippen molar-refractivity contribution in [2.45, 2.75) is 0 Å². The highest BCUT2D eigenvalue weighted by atomic mass is 16.1. The number of hydrogen-bond acceptors (Lipinski definition) is 2. The monoisotopic (exact) mass is 235 g/mol. The molecule has 2 aromatic rings. The van der Waals surface area contributed by atoms with E-state index in [0.29, 0.717) is 11.4 Å². The standard InChI is InChI=1S/C15H11N2O/c18-15(17-14-3-1-2-10-16-14)13-8-6-12(7-9-13)11-4-5-11/h1-10H,(H,16,17,18). The van der Waals surface area contributed by atoms with Gasteiger partial charge in [-0.05, 0) is 35.4 Å². The maximum Gasteiger partial charge on any atom is 0.256 e. The average molecular weight is 235 g/mol. The van der Waals surface area contributed by atoms with Crippen LogP contribution in [0.5, 0.6) is 0 Å². The molecule has 1 aromatic carbocycles. The van der Waals surface area contributed by atoms with Crippen LogP contribution >= 0.6 is 0 Å². The van der Waals surface area contributed by atoms with Crippen molar-refractivity contribution in [1.29, 1.82) is 0 Å². The number of carbonyl (C=O) groups is 1. The second kappa shape index (κ2) is 4.45. The maximum atomic E-state index is 11.9. The van der Waals surface area contributed by atoms with Gasteiger partial charge in [0.25, 0.3) is 5.91 Å². The van der Waals surface area contributed by atoms with Gasteiger partial charge in [0.1, 0.15) is 5.82 Å². The number of carbonyl (C=O) groups excluding carboxylic acids is 1. The lowest BCUT2D eigenvalue weighted by Crippen LogP contribution is -2.12. The van der Waals surface area contributed by atoms with Crippen molar-refractivity contribution >= 4 is 17.3 Å². The van der Waals surface area contributed by atoms with Gasteiger partial charge in [0.05, 0.1) is 0 Å². The zero-order valence-electron chi connectivity index (χ0n) is 9.63. The molecule has 0 saturated carbocycles. The second-order valence-electron chi connectivity index (χ2n) is 4.04. The molecule has 0 atom stereocenters. The number of amides is 1. The highest BCUT2D eigenvalue weighted by Crippen LogP contribution is 2.29. The molecule has 1 aliphatic carbocycles. The molecule has 0 fully saturated rings. The summed E-state index contributed by atoms with van der Waals surface area (Å²) >= 11 is 0. The molecule has 1 aromatic heterocycles. The molecule has 0 bridgehead atoms. The molecule has 1 heterocycles. The average Bonchev–Trinajstić information content (AvgIpc) is 3.24. The Morgan fingerprint density at radius 1 is 1.06 bits per heavy atom. The molecular weight excluding hydrogens is 224 g/mol. The number of hydrogen-bond donors (Lipinski definition) is 1. The minimum atomic E-state index is -0.144. The third-order valence-corrected chi connectivity index (χ3v) is 2.72. The predicted octanol–water partition coefficient (Wildman–Crippen LogP) is 2.94. The van der Waals surface area contributed by atoms with Gasteiger partial charge in [-0.3, -0.25) is 4.79 Å². The van der Waals surface area contributed by atoms with Gasteiger partial charge in [-0.15, -0.1) is 0 Å². The zero-order chi connectivity index (χ0) is 12.4. The molecule has 3 rings (SSSR count). The number of anilines is 1. The van der Waals surface area contributed by atoms with Crippen LogP contribution in [0.25, 0.3) is 5.57 Å². The zero-order valence-corrected chi connectivity index (χ0v) is 9.63. The van der Waals surface area contributed by atoms with E-state index in [9.17, 15) is 4.79 Å². The number of pyridine rings is 1. The highest BCUT2D eigenvalue weighted by Gasteiger charge is 2.11. The van der Waals surface area contributed by atoms with E-state index in [4.69, 9.17) is 0 Å². The highest BCUT2D eigenvalue weighted by molar-refractivity contribution is 6.04. The first-order valence-corrected chi connectivity index (χ1v) is 5.71. The number of nitrogens with zero attached hydrogens (tertiary/aromatic N) is 1. The van der Waals surface area contributed by atoms with Gasteiger partial charge in [-0.1, -0.05) is 24.3 Å². The summed E-state index contributed by atoms with van der Waals surface area (Å²) in [6.45, 7) is 0. The van der Waals surface area contributed by atoms with Crippen molar-refractivity contribution < 1.29 is 4.79 Å². The summed E-state index contributed by atoms with van der Waals surface area (Å²) in [6.07, 6.45) is 5.74. The normalized spacial score (nSPS) is 12.8. The summed E-state index contributed by atoms with van der Waals surface area (Å²) in [5.41, 5.74) is 3.00. The fraction of sp³-hybridized carbons (Fsp3) is 0. The number of rotatable bonds is 3. The SMILES string of the molecule is O=C(Nc1ccccn1)c1ccc(C2=C[CH]2)cc1. The van der Waals surface area contributed by atoms with Crippen LogP contribution in [0, 0.1) is 6.42 Å². The molecule has 87 valence electrons. The number of allylic oxidation sites excluding steroid dienone is 2. The summed E-state index contributed by atoms with van der Waals surface area (Å²) in [4.78, 5) is 16.0. The predicted molar refractivity (Wildman–Crippen MR) is 70.9 cm³/mol. The molecule has 1 amide bonds. The minimum Gasteiger partial charge on any atom is -0.307 e. The van der Waals surface area contributed by atoms with Crippen LogP contribution < -0.4 is 5.32 Å². The molecule has 18 heavy (non-hydrogen) atoms. The van der Waals surface area contributed by atoms with E-state index in [1.165, 1.54) is 5.57 Å². The van der Waals surface area contributed by atoms with E-state index < -0.39 is 0 Å². The van der Waals surface area contributed by atoms with Crippen molar-refractivity contribution in [3.8, 4) is 0 Å². The van der Waals surface area contributed by atoms with Gasteiger partial charge in [0.15, 0.2) is 0 Å². The first kappa shape index (κ1) is 10.7. The number of nitrogens with one attached hydrogen (secondary N) is 1. The van der Waals surface area contributed by atoms with Gasteiger partial charge < -0.3 is 5.32 Å². The summed E-state index contributed by atoms with van der Waals surface area (Å²) in [6, 6.07) is 12.9. The Morgan fingerprint density at radius 3 is 2.44 bits per heavy atom. The molecule has 0 saturated heterocycles. The first-order chi connectivity index (χ1) is 8.83. The Hall–Kier alpha value is -2.42. The largest absolute Gasteiger partial charge is 0.307 e. The van der Waals surface area contributed by atoms with Crippen LogP contribution in [0.15, 0.2) is 54.7 Å². The number of aromatic nitrogens is 1. The van der Waals surface area contributed by atoms with Gasteiger partial charge >= 0.3 is 0 Å². The molecule has 1 N–H and O–H groups in total. The van der Waals surface area contributed by atoms with Crippen molar-refractivity contribution in [3.63, 3.8) is 0 Å². The third kappa shape index (κ3) is 2.30. The van der Waals surface area contributed by atoms with Crippen molar-refractivity contribution in [1.82, 2.24) is 4.98 Å². The van der Waals surface area contributed by atoms with Gasteiger partial charge in [-0.25, -0.2) is 4.98 Å². The fourth-order valence-corrected chi connectivity index (χ4v) is 1.67. The van der Waals surface area contributed by atoms with E-state index in [1.807, 2.05) is 48.9 Å². The summed E-state index contributed by atoms with van der Waals surface area (Å²) in [5, 5.41) is 2.75. The van der Waals surface area contributed by atoms with Crippen molar-refractivity contribution in [2.75, 3.05) is 5.32 Å². The Kier molecular flexibility index (Phi) is 2.65. The summed E-state index contributed by atoms with van der Waals surface area (Å²) in [7, 11) is 0. The quantitative estimate of drug-likeness (QED) is 0.888. The van der Waals surface area contributed by atoms with E-state index in [-0.39, 0.29) is 5.91 Å². The lowest BCUT2D eigenvalue weighted by Gasteiger charge is -2.04. The topological polar surface area (TPSA) is 42.0 Å². The van der Waals surface area contributed by atoms with E-state index in [0.717, 1.165) is 5.56 Å². The van der Waals surface area contributed by atoms with Crippen LogP contribution in [-0.4, -0.2) is 10.9 Å². The molecule has 1 radical (unpaired) electrons. The molecule has 0 spiro atoms. The van der Waals surface area contributed by atoms with Crippen LogP contribution in [-0.2, 0) is 0 Å². The van der Waals surface area contributed by atoms with Gasteiger partial charge in [0.2, 0.25) is 0 Å². The second-order valence-corrected chi connectivity index (χ2v) is 4.04. The van der Waals surface area contributed by atoms with Crippen LogP contribution in [0.2, 0.25) is 0 Å². The van der Waals surface area contributed by atoms with Crippen LogP contribution in [0.4, 0.5) is 5.82 Å². The van der Waals surface area contributed by atoms with Gasteiger partial charge in [0, 0.05) is 18.2 Å². The number of benzene rings is 1. The first-order valence-electron chi connectivity index (χ1n) is 5.71. The lowest BCUT2D eigenvalue weighted by molar-refractivity contribution is 0.102. The Bertz CT molecular complexity index is 600. The Labute approximate surface area is 105 Å². The Morgan fingerprint density at radius 2 is 1.83 bits per heavy atom. The lowest BCUT2D eigenvalue weighted by atomic mass is 10.1. The Balaban J connectivity index is 1.74. The van der Waals surface area contributed by atoms with Crippen molar-refractivity contribution in [2.24, 2.45) is 0 Å². The molecule has 0 unspecified atom stereocenters. The third-order valence-electron chi connectivity index (χ3n) is 2.72. The van der Waals surface area contributed by atoms with Crippen LogP contribution in [0.1, 0.15) is 15.9 Å². The minimum absolute atomic E-state index is 0.144. The maximum absolute atomic E-state index is 11.9. The van der Waals surface area contributed by atoms with E-state index in [1.54, 1.807) is 12.3 Å². The molecular formula is C15H11N2O. The molecule has 3 heteroatoms. The fourth-order valence-electron chi connectivity index (χ4n) is 1.67. The van der Waals surface area contributed by atoms with Crippen LogP contribution in [0.3, 0.4) is 0 Å².